The Bertz CT molecular complexity index is 685. The molecule has 0 amide bonds. The average Bonchev–Trinajstić information content (AvgIpc) is 2.78. The second kappa shape index (κ2) is 6.15. The first-order chi connectivity index (χ1) is 9.54. The summed E-state index contributed by atoms with van der Waals surface area (Å²) in [6, 6.07) is 4.26. The predicted molar refractivity (Wildman–Crippen MR) is 89.1 cm³/mol. The fraction of sp³-hybridized carbons (Fsp3) is 0.429. The van der Waals surface area contributed by atoms with E-state index in [9.17, 15) is 5.26 Å². The molecule has 0 aliphatic carbocycles. The molecule has 0 unspecified atom stereocenters. The number of hydrogen-bond acceptors (Lipinski definition) is 3. The first-order valence-electron chi connectivity index (χ1n) is 6.54. The number of fused-ring (bicyclic) bond motifs is 1. The molecule has 20 heavy (non-hydrogen) atoms. The molecule has 0 atom stereocenters. The van der Waals surface area contributed by atoms with Gasteiger partial charge in [-0.25, -0.2) is 4.98 Å². The molecule has 0 fully saturated rings. The molecule has 0 spiro atoms. The van der Waals surface area contributed by atoms with Gasteiger partial charge in [-0.3, -0.25) is 0 Å². The fourth-order valence-electron chi connectivity index (χ4n) is 2.33. The van der Waals surface area contributed by atoms with Crippen LogP contribution < -0.4 is 4.90 Å². The molecule has 0 saturated carbocycles. The molecule has 1 aromatic carbocycles. The van der Waals surface area contributed by atoms with Crippen LogP contribution in [0.15, 0.2) is 15.0 Å². The van der Waals surface area contributed by atoms with Gasteiger partial charge >= 0.3 is 0 Å². The molecule has 2 rings (SSSR count). The van der Waals surface area contributed by atoms with Crippen molar-refractivity contribution in [1.29, 1.82) is 5.26 Å². The van der Waals surface area contributed by atoms with Crippen LogP contribution in [0.4, 0.5) is 5.95 Å². The van der Waals surface area contributed by atoms with Crippen molar-refractivity contribution in [3.63, 3.8) is 0 Å². The summed E-state index contributed by atoms with van der Waals surface area (Å²) in [7, 11) is 2.03. The third-order valence-electron chi connectivity index (χ3n) is 3.24. The van der Waals surface area contributed by atoms with E-state index in [2.05, 4.69) is 61.2 Å². The Morgan fingerprint density at radius 1 is 1.40 bits per heavy atom. The summed E-state index contributed by atoms with van der Waals surface area (Å²) >= 11 is 6.95. The van der Waals surface area contributed by atoms with E-state index in [1.165, 1.54) is 0 Å². The molecule has 0 bridgehead atoms. The van der Waals surface area contributed by atoms with Gasteiger partial charge in [-0.1, -0.05) is 6.92 Å². The van der Waals surface area contributed by atoms with Crippen molar-refractivity contribution in [3.05, 3.63) is 20.6 Å². The molecule has 2 aromatic rings. The van der Waals surface area contributed by atoms with Crippen LogP contribution in [0.3, 0.4) is 0 Å². The Balaban J connectivity index is 2.78. The molecular formula is C14H16Br2N4. The molecule has 0 N–H and O–H groups in total. The van der Waals surface area contributed by atoms with Gasteiger partial charge in [0.15, 0.2) is 0 Å². The van der Waals surface area contributed by atoms with E-state index < -0.39 is 0 Å². The monoisotopic (exact) mass is 398 g/mol. The minimum atomic E-state index is 0.577. The summed E-state index contributed by atoms with van der Waals surface area (Å²) in [4.78, 5) is 6.82. The van der Waals surface area contributed by atoms with Crippen molar-refractivity contribution in [3.8, 4) is 6.07 Å². The highest BCUT2D eigenvalue weighted by Crippen LogP contribution is 2.35. The summed E-state index contributed by atoms with van der Waals surface area (Å²) in [5.74, 6) is 0.908. The zero-order chi connectivity index (χ0) is 14.9. The van der Waals surface area contributed by atoms with Crippen molar-refractivity contribution in [1.82, 2.24) is 9.55 Å². The van der Waals surface area contributed by atoms with Gasteiger partial charge in [-0.15, -0.1) is 0 Å². The van der Waals surface area contributed by atoms with Gasteiger partial charge in [0.1, 0.15) is 11.6 Å². The summed E-state index contributed by atoms with van der Waals surface area (Å²) in [5, 5.41) is 9.39. The van der Waals surface area contributed by atoms with E-state index in [0.717, 1.165) is 45.4 Å². The summed E-state index contributed by atoms with van der Waals surface area (Å²) in [6.45, 7) is 5.99. The molecule has 0 saturated heterocycles. The van der Waals surface area contributed by atoms with Crippen LogP contribution in [0.25, 0.3) is 11.0 Å². The second-order valence-corrected chi connectivity index (χ2v) is 6.25. The molecule has 1 aromatic heterocycles. The van der Waals surface area contributed by atoms with Crippen LogP contribution in [0.2, 0.25) is 0 Å². The Labute approximate surface area is 135 Å². The van der Waals surface area contributed by atoms with E-state index in [1.54, 1.807) is 0 Å². The number of aryl methyl sites for hydroxylation is 1. The lowest BCUT2D eigenvalue weighted by Gasteiger charge is -2.18. The van der Waals surface area contributed by atoms with Gasteiger partial charge < -0.3 is 9.47 Å². The number of rotatable bonds is 4. The molecular weight excluding hydrogens is 384 g/mol. The standard InChI is InChI=1S/C14H16Br2N4/c1-4-6-19(3)14-18-13-9(8-17)12(16)10(15)7-11(13)20(14)5-2/h7H,4-6H2,1-3H3. The summed E-state index contributed by atoms with van der Waals surface area (Å²) in [6.07, 6.45) is 1.06. The number of benzene rings is 1. The first kappa shape index (κ1) is 15.3. The molecule has 0 aliphatic heterocycles. The molecule has 106 valence electrons. The summed E-state index contributed by atoms with van der Waals surface area (Å²) in [5.41, 5.74) is 2.31. The number of imidazole rings is 1. The minimum absolute atomic E-state index is 0.577. The second-order valence-electron chi connectivity index (χ2n) is 4.60. The van der Waals surface area contributed by atoms with E-state index in [4.69, 9.17) is 4.98 Å². The summed E-state index contributed by atoms with van der Waals surface area (Å²) < 4.78 is 3.78. The Hall–Kier alpha value is -1.06. The van der Waals surface area contributed by atoms with Crippen molar-refractivity contribution in [2.24, 2.45) is 0 Å². The normalized spacial score (nSPS) is 10.8. The smallest absolute Gasteiger partial charge is 0.206 e. The lowest BCUT2D eigenvalue weighted by Crippen LogP contribution is -2.21. The van der Waals surface area contributed by atoms with Crippen LogP contribution in [0.5, 0.6) is 0 Å². The molecule has 1 heterocycles. The number of nitrogens with zero attached hydrogens (tertiary/aromatic N) is 4. The maximum atomic E-state index is 9.39. The molecule has 0 radical (unpaired) electrons. The van der Waals surface area contributed by atoms with E-state index in [0.29, 0.717) is 5.56 Å². The van der Waals surface area contributed by atoms with Gasteiger partial charge in [0.05, 0.1) is 15.6 Å². The lowest BCUT2D eigenvalue weighted by molar-refractivity contribution is 0.733. The minimum Gasteiger partial charge on any atom is -0.345 e. The van der Waals surface area contributed by atoms with Crippen molar-refractivity contribution < 1.29 is 0 Å². The largest absolute Gasteiger partial charge is 0.345 e. The molecule has 0 aliphatic rings. The average molecular weight is 400 g/mol. The van der Waals surface area contributed by atoms with Crippen LogP contribution in [-0.4, -0.2) is 23.1 Å². The van der Waals surface area contributed by atoms with Gasteiger partial charge in [-0.2, -0.15) is 5.26 Å². The number of aromatic nitrogens is 2. The molecule has 4 nitrogen and oxygen atoms in total. The van der Waals surface area contributed by atoms with Crippen LogP contribution in [-0.2, 0) is 6.54 Å². The van der Waals surface area contributed by atoms with Crippen molar-refractivity contribution in [2.75, 3.05) is 18.5 Å². The number of halogens is 2. The van der Waals surface area contributed by atoms with Crippen molar-refractivity contribution >= 4 is 48.8 Å². The van der Waals surface area contributed by atoms with Gasteiger partial charge in [0.25, 0.3) is 0 Å². The van der Waals surface area contributed by atoms with E-state index in [-0.39, 0.29) is 0 Å². The third-order valence-corrected chi connectivity index (χ3v) is 5.23. The van der Waals surface area contributed by atoms with E-state index in [1.807, 2.05) is 13.1 Å². The highest BCUT2D eigenvalue weighted by Gasteiger charge is 2.19. The quantitative estimate of drug-likeness (QED) is 0.769. The Kier molecular flexibility index (Phi) is 4.71. The SMILES string of the molecule is CCCN(C)c1nc2c(C#N)c(Br)c(Br)cc2n1CC. The van der Waals surface area contributed by atoms with Gasteiger partial charge in [-0.05, 0) is 51.3 Å². The molecule has 6 heteroatoms. The number of anilines is 1. The van der Waals surface area contributed by atoms with E-state index >= 15 is 0 Å². The fourth-order valence-corrected chi connectivity index (χ4v) is 3.14. The predicted octanol–water partition coefficient (Wildman–Crippen LogP) is 4.30. The van der Waals surface area contributed by atoms with Gasteiger partial charge in [0.2, 0.25) is 5.95 Å². The third kappa shape index (κ3) is 2.45. The first-order valence-corrected chi connectivity index (χ1v) is 8.13. The maximum absolute atomic E-state index is 9.39. The lowest BCUT2D eigenvalue weighted by atomic mass is 10.2. The highest BCUT2D eigenvalue weighted by atomic mass is 79.9. The highest BCUT2D eigenvalue weighted by molar-refractivity contribution is 9.13. The van der Waals surface area contributed by atoms with Gasteiger partial charge in [0, 0.05) is 24.6 Å². The maximum Gasteiger partial charge on any atom is 0.206 e. The van der Waals surface area contributed by atoms with Crippen LogP contribution in [0, 0.1) is 11.3 Å². The number of hydrogen-bond donors (Lipinski definition) is 0. The topological polar surface area (TPSA) is 44.9 Å². The zero-order valence-electron chi connectivity index (χ0n) is 11.7. The van der Waals surface area contributed by atoms with Crippen molar-refractivity contribution in [2.45, 2.75) is 26.8 Å². The number of nitriles is 1. The van der Waals surface area contributed by atoms with Crippen LogP contribution >= 0.6 is 31.9 Å². The Morgan fingerprint density at radius 3 is 2.65 bits per heavy atom. The van der Waals surface area contributed by atoms with Crippen LogP contribution in [0.1, 0.15) is 25.8 Å². The zero-order valence-corrected chi connectivity index (χ0v) is 14.9. The Morgan fingerprint density at radius 2 is 2.10 bits per heavy atom.